The van der Waals surface area contributed by atoms with Gasteiger partial charge in [0.25, 0.3) is 0 Å². The molecule has 1 aromatic heterocycles. The fourth-order valence-electron chi connectivity index (χ4n) is 2.37. The maximum absolute atomic E-state index is 12.4. The number of nitrogens with zero attached hydrogens (tertiary/aromatic N) is 3. The van der Waals surface area contributed by atoms with Gasteiger partial charge in [-0.15, -0.1) is 0 Å². The van der Waals surface area contributed by atoms with Crippen LogP contribution in [0, 0.1) is 0 Å². The van der Waals surface area contributed by atoms with Gasteiger partial charge in [-0.25, -0.2) is 14.8 Å². The van der Waals surface area contributed by atoms with Crippen LogP contribution in [0.2, 0.25) is 0 Å². The Morgan fingerprint density at radius 2 is 1.77 bits per heavy atom. The molecule has 0 fully saturated rings. The van der Waals surface area contributed by atoms with Gasteiger partial charge in [0.2, 0.25) is 0 Å². The number of hydrogen-bond acceptors (Lipinski definition) is 7. The van der Waals surface area contributed by atoms with Crippen molar-refractivity contribution < 1.29 is 14.3 Å². The molecule has 3 aromatic rings. The number of fused-ring (bicyclic) bond motifs is 1. The van der Waals surface area contributed by atoms with Crippen molar-refractivity contribution >= 4 is 34.2 Å². The molecule has 2 aromatic carbocycles. The average Bonchev–Trinajstić information content (AvgIpc) is 2.71. The average molecular weight is 348 g/mol. The lowest BCUT2D eigenvalue weighted by Gasteiger charge is -2.07. The zero-order valence-electron chi connectivity index (χ0n) is 14.0. The molecule has 0 aliphatic carbocycles. The van der Waals surface area contributed by atoms with Crippen LogP contribution >= 0.6 is 0 Å². The van der Waals surface area contributed by atoms with E-state index >= 15 is 0 Å². The van der Waals surface area contributed by atoms with Crippen LogP contribution < -0.4 is 5.43 Å². The molecule has 0 amide bonds. The highest BCUT2D eigenvalue weighted by atomic mass is 16.5. The zero-order valence-corrected chi connectivity index (χ0v) is 14.0. The quantitative estimate of drug-likeness (QED) is 0.319. The minimum atomic E-state index is -0.680. The molecule has 0 radical (unpaired) electrons. The first-order valence-electron chi connectivity index (χ1n) is 7.88. The molecule has 1 N–H and O–H groups in total. The summed E-state index contributed by atoms with van der Waals surface area (Å²) in [5.41, 5.74) is 3.94. The van der Waals surface area contributed by atoms with Crippen LogP contribution in [-0.2, 0) is 9.53 Å². The second kappa shape index (κ2) is 7.98. The molecule has 7 heteroatoms. The Balaban J connectivity index is 1.85. The molecule has 7 nitrogen and oxygen atoms in total. The first-order chi connectivity index (χ1) is 12.7. The summed E-state index contributed by atoms with van der Waals surface area (Å²) in [5, 5.41) is 4.81. The minimum Gasteiger partial charge on any atom is -0.464 e. The second-order valence-electron chi connectivity index (χ2n) is 5.37. The molecule has 0 spiro atoms. The Morgan fingerprint density at radius 1 is 1.04 bits per heavy atom. The Labute approximate surface area is 149 Å². The number of hydrazone groups is 1. The molecule has 0 bridgehead atoms. The SMILES string of the molecule is COC(=O)/C(CC(=O)c1ccccc1)=N\Nc1ncnc2ccccc12. The van der Waals surface area contributed by atoms with E-state index < -0.39 is 5.97 Å². The predicted molar refractivity (Wildman–Crippen MR) is 98.0 cm³/mol. The van der Waals surface area contributed by atoms with E-state index in [0.717, 1.165) is 10.9 Å². The molecular formula is C19H16N4O3. The van der Waals surface area contributed by atoms with E-state index in [1.54, 1.807) is 24.3 Å². The summed E-state index contributed by atoms with van der Waals surface area (Å²) in [5.74, 6) is -0.478. The van der Waals surface area contributed by atoms with Crippen LogP contribution in [0.1, 0.15) is 16.8 Å². The van der Waals surface area contributed by atoms with E-state index in [9.17, 15) is 9.59 Å². The van der Waals surface area contributed by atoms with Gasteiger partial charge in [-0.1, -0.05) is 42.5 Å². The fraction of sp³-hybridized carbons (Fsp3) is 0.105. The van der Waals surface area contributed by atoms with Gasteiger partial charge in [0, 0.05) is 10.9 Å². The molecule has 0 saturated heterocycles. The van der Waals surface area contributed by atoms with Gasteiger partial charge in [-0.05, 0) is 12.1 Å². The van der Waals surface area contributed by atoms with E-state index in [-0.39, 0.29) is 17.9 Å². The summed E-state index contributed by atoms with van der Waals surface area (Å²) in [6.07, 6.45) is 1.21. The van der Waals surface area contributed by atoms with Crippen molar-refractivity contribution in [2.24, 2.45) is 5.10 Å². The van der Waals surface area contributed by atoms with Crippen molar-refractivity contribution in [1.29, 1.82) is 0 Å². The van der Waals surface area contributed by atoms with Crippen LogP contribution in [0.5, 0.6) is 0 Å². The van der Waals surface area contributed by atoms with Crippen molar-refractivity contribution in [2.45, 2.75) is 6.42 Å². The van der Waals surface area contributed by atoms with Crippen molar-refractivity contribution in [1.82, 2.24) is 9.97 Å². The number of esters is 1. The second-order valence-corrected chi connectivity index (χ2v) is 5.37. The van der Waals surface area contributed by atoms with E-state index in [2.05, 4.69) is 20.5 Å². The predicted octanol–water partition coefficient (Wildman–Crippen LogP) is 2.84. The third kappa shape index (κ3) is 3.89. The number of ketones is 1. The number of aromatic nitrogens is 2. The van der Waals surface area contributed by atoms with Crippen LogP contribution in [0.4, 0.5) is 5.82 Å². The monoisotopic (exact) mass is 348 g/mol. The zero-order chi connectivity index (χ0) is 18.4. The molecule has 130 valence electrons. The maximum atomic E-state index is 12.4. The lowest BCUT2D eigenvalue weighted by Crippen LogP contribution is -2.21. The van der Waals surface area contributed by atoms with Crippen molar-refractivity contribution in [3.63, 3.8) is 0 Å². The Kier molecular flexibility index (Phi) is 5.28. The molecule has 26 heavy (non-hydrogen) atoms. The van der Waals surface area contributed by atoms with E-state index in [0.29, 0.717) is 11.4 Å². The Morgan fingerprint density at radius 3 is 2.54 bits per heavy atom. The van der Waals surface area contributed by atoms with Gasteiger partial charge in [0.15, 0.2) is 17.3 Å². The van der Waals surface area contributed by atoms with E-state index in [1.165, 1.54) is 13.4 Å². The Hall–Kier alpha value is -3.61. The number of para-hydroxylation sites is 1. The summed E-state index contributed by atoms with van der Waals surface area (Å²) in [4.78, 5) is 32.6. The smallest absolute Gasteiger partial charge is 0.354 e. The van der Waals surface area contributed by atoms with Gasteiger partial charge >= 0.3 is 5.97 Å². The summed E-state index contributed by atoms with van der Waals surface area (Å²) < 4.78 is 4.73. The molecule has 1 heterocycles. The number of hydrogen-bond donors (Lipinski definition) is 1. The summed E-state index contributed by atoms with van der Waals surface area (Å²) >= 11 is 0. The molecule has 0 unspecified atom stereocenters. The first kappa shape index (κ1) is 17.2. The molecular weight excluding hydrogens is 332 g/mol. The molecule has 0 saturated carbocycles. The minimum absolute atomic E-state index is 0.0379. The van der Waals surface area contributed by atoms with Crippen molar-refractivity contribution in [3.05, 3.63) is 66.5 Å². The fourth-order valence-corrected chi connectivity index (χ4v) is 2.37. The largest absolute Gasteiger partial charge is 0.464 e. The standard InChI is InChI=1S/C19H16N4O3/c1-26-19(25)16(11-17(24)13-7-3-2-4-8-13)22-23-18-14-9-5-6-10-15(14)20-12-21-18/h2-10,12H,11H2,1H3,(H,20,21,23)/b22-16-. The lowest BCUT2D eigenvalue weighted by molar-refractivity contribution is -0.132. The first-order valence-corrected chi connectivity index (χ1v) is 7.88. The number of Topliss-reactive ketones (excluding diaryl/α,β-unsaturated/α-hetero) is 1. The number of anilines is 1. The molecule has 0 aliphatic heterocycles. The Bertz CT molecular complexity index is 965. The van der Waals surface area contributed by atoms with Crippen molar-refractivity contribution in [2.75, 3.05) is 12.5 Å². The number of benzene rings is 2. The number of rotatable bonds is 6. The summed E-state index contributed by atoms with van der Waals surface area (Å²) in [6.45, 7) is 0. The van der Waals surface area contributed by atoms with Crippen LogP contribution in [0.25, 0.3) is 10.9 Å². The van der Waals surface area contributed by atoms with Gasteiger partial charge < -0.3 is 4.74 Å². The maximum Gasteiger partial charge on any atom is 0.354 e. The number of nitrogens with one attached hydrogen (secondary N) is 1. The molecule has 0 aliphatic rings. The van der Waals surface area contributed by atoms with Gasteiger partial charge in [0.05, 0.1) is 19.0 Å². The van der Waals surface area contributed by atoms with Crippen molar-refractivity contribution in [3.8, 4) is 0 Å². The third-order valence-electron chi connectivity index (χ3n) is 3.68. The normalized spacial score (nSPS) is 11.2. The van der Waals surface area contributed by atoms with Crippen LogP contribution in [0.3, 0.4) is 0 Å². The van der Waals surface area contributed by atoms with E-state index in [1.807, 2.05) is 30.3 Å². The highest BCUT2D eigenvalue weighted by molar-refractivity contribution is 6.40. The number of carbonyl (C=O) groups excluding carboxylic acids is 2. The summed E-state index contributed by atoms with van der Waals surface area (Å²) in [6, 6.07) is 16.1. The number of carbonyl (C=O) groups is 2. The van der Waals surface area contributed by atoms with Gasteiger partial charge in [-0.3, -0.25) is 10.2 Å². The lowest BCUT2D eigenvalue weighted by atomic mass is 10.1. The van der Waals surface area contributed by atoms with Crippen LogP contribution in [-0.4, -0.2) is 34.5 Å². The van der Waals surface area contributed by atoms with Gasteiger partial charge in [0.1, 0.15) is 6.33 Å². The number of methoxy groups -OCH3 is 1. The third-order valence-corrected chi connectivity index (χ3v) is 3.68. The topological polar surface area (TPSA) is 93.5 Å². The van der Waals surface area contributed by atoms with Gasteiger partial charge in [-0.2, -0.15) is 5.10 Å². The van der Waals surface area contributed by atoms with E-state index in [4.69, 9.17) is 4.74 Å². The van der Waals surface area contributed by atoms with Crippen LogP contribution in [0.15, 0.2) is 66.0 Å². The highest BCUT2D eigenvalue weighted by Crippen LogP contribution is 2.18. The highest BCUT2D eigenvalue weighted by Gasteiger charge is 2.18. The number of ether oxygens (including phenoxy) is 1. The summed E-state index contributed by atoms with van der Waals surface area (Å²) in [7, 11) is 1.24. The molecule has 0 atom stereocenters. The molecule has 3 rings (SSSR count).